The number of carbonyl (C=O) groups is 2. The average molecular weight is 418 g/mol. The third-order valence-corrected chi connectivity index (χ3v) is 4.90. The van der Waals surface area contributed by atoms with Crippen molar-refractivity contribution in [1.29, 1.82) is 0 Å². The molecule has 0 saturated heterocycles. The number of carbonyl (C=O) groups excluding carboxylic acids is 2. The molecule has 2 aromatic rings. The zero-order chi connectivity index (χ0) is 19.3. The van der Waals surface area contributed by atoms with Crippen LogP contribution in [0.15, 0.2) is 40.9 Å². The van der Waals surface area contributed by atoms with Crippen molar-refractivity contribution in [2.75, 3.05) is 30.8 Å². The number of likely N-dealkylation sites (N-methyl/N-ethyl adjacent to an activating group) is 1. The molecule has 0 fully saturated rings. The molecule has 2 rings (SSSR count). The van der Waals surface area contributed by atoms with E-state index in [1.165, 1.54) is 0 Å². The van der Waals surface area contributed by atoms with Crippen LogP contribution in [0.4, 0.5) is 11.4 Å². The topological polar surface area (TPSA) is 61.4 Å². The Kier molecular flexibility index (Phi) is 6.94. The molecular formula is C20H24BrN3O2. The number of hydrogen-bond acceptors (Lipinski definition) is 3. The summed E-state index contributed by atoms with van der Waals surface area (Å²) in [7, 11) is 1.75. The highest BCUT2D eigenvalue weighted by atomic mass is 79.9. The fourth-order valence-electron chi connectivity index (χ4n) is 2.66. The first kappa shape index (κ1) is 20.1. The Morgan fingerprint density at radius 2 is 1.50 bits per heavy atom. The molecule has 0 saturated carbocycles. The Balaban J connectivity index is 1.87. The maximum absolute atomic E-state index is 12.3. The molecule has 0 bridgehead atoms. The molecule has 0 aliphatic rings. The smallest absolute Gasteiger partial charge is 0.238 e. The first-order valence-corrected chi connectivity index (χ1v) is 9.16. The van der Waals surface area contributed by atoms with Crippen LogP contribution in [-0.2, 0) is 9.59 Å². The number of para-hydroxylation sites is 1. The van der Waals surface area contributed by atoms with Crippen LogP contribution in [0.3, 0.4) is 0 Å². The highest BCUT2D eigenvalue weighted by molar-refractivity contribution is 9.10. The van der Waals surface area contributed by atoms with Crippen LogP contribution >= 0.6 is 15.9 Å². The maximum Gasteiger partial charge on any atom is 0.238 e. The monoisotopic (exact) mass is 417 g/mol. The Morgan fingerprint density at radius 3 is 2.08 bits per heavy atom. The summed E-state index contributed by atoms with van der Waals surface area (Å²) in [6.45, 7) is 6.15. The molecule has 2 N–H and O–H groups in total. The van der Waals surface area contributed by atoms with Crippen LogP contribution in [0.1, 0.15) is 16.7 Å². The van der Waals surface area contributed by atoms with Gasteiger partial charge in [-0.3, -0.25) is 14.5 Å². The molecule has 6 heteroatoms. The van der Waals surface area contributed by atoms with Gasteiger partial charge in [-0.1, -0.05) is 34.1 Å². The summed E-state index contributed by atoms with van der Waals surface area (Å²) in [5.41, 5.74) is 4.66. The lowest BCUT2D eigenvalue weighted by atomic mass is 10.1. The highest BCUT2D eigenvalue weighted by Crippen LogP contribution is 2.20. The minimum atomic E-state index is -0.158. The van der Waals surface area contributed by atoms with E-state index in [4.69, 9.17) is 0 Å². The van der Waals surface area contributed by atoms with E-state index in [2.05, 4.69) is 26.6 Å². The van der Waals surface area contributed by atoms with Gasteiger partial charge in [-0.05, 0) is 62.7 Å². The number of rotatable bonds is 6. The molecule has 0 atom stereocenters. The van der Waals surface area contributed by atoms with Gasteiger partial charge in [0, 0.05) is 15.8 Å². The van der Waals surface area contributed by atoms with E-state index in [1.807, 2.05) is 57.2 Å². The Bertz CT molecular complexity index is 800. The van der Waals surface area contributed by atoms with Gasteiger partial charge in [-0.15, -0.1) is 0 Å². The number of hydrogen-bond donors (Lipinski definition) is 2. The van der Waals surface area contributed by atoms with Crippen molar-refractivity contribution in [2.45, 2.75) is 20.8 Å². The van der Waals surface area contributed by atoms with E-state index in [0.29, 0.717) is 0 Å². The van der Waals surface area contributed by atoms with E-state index in [1.54, 1.807) is 11.9 Å². The van der Waals surface area contributed by atoms with Crippen molar-refractivity contribution in [3.63, 3.8) is 0 Å². The fraction of sp³-hybridized carbons (Fsp3) is 0.300. The number of benzene rings is 2. The third-order valence-electron chi connectivity index (χ3n) is 4.01. The highest BCUT2D eigenvalue weighted by Gasteiger charge is 2.13. The van der Waals surface area contributed by atoms with Gasteiger partial charge < -0.3 is 10.6 Å². The predicted octanol–water partition coefficient (Wildman–Crippen LogP) is 3.88. The molecule has 0 spiro atoms. The van der Waals surface area contributed by atoms with Gasteiger partial charge in [0.1, 0.15) is 0 Å². The molecule has 0 aliphatic heterocycles. The molecule has 0 radical (unpaired) electrons. The van der Waals surface area contributed by atoms with Crippen LogP contribution in [0, 0.1) is 20.8 Å². The lowest BCUT2D eigenvalue weighted by molar-refractivity contribution is -0.119. The molecule has 138 valence electrons. The Hall–Kier alpha value is -2.18. The summed E-state index contributed by atoms with van der Waals surface area (Å²) in [5, 5.41) is 5.78. The van der Waals surface area contributed by atoms with Gasteiger partial charge in [0.15, 0.2) is 0 Å². The van der Waals surface area contributed by atoms with Gasteiger partial charge in [0.25, 0.3) is 0 Å². The van der Waals surface area contributed by atoms with Crippen molar-refractivity contribution in [3.05, 3.63) is 57.6 Å². The molecular weight excluding hydrogens is 394 g/mol. The second-order valence-corrected chi connectivity index (χ2v) is 7.35. The standard InChI is InChI=1S/C20H24BrN3O2/c1-13-6-5-7-14(2)20(13)23-19(26)12-24(4)11-18(25)22-16-8-9-17(21)15(3)10-16/h5-10H,11-12H2,1-4H3,(H,22,25)(H,23,26). The van der Waals surface area contributed by atoms with Gasteiger partial charge >= 0.3 is 0 Å². The SMILES string of the molecule is Cc1cc(NC(=O)CN(C)CC(=O)Nc2c(C)cccc2C)ccc1Br. The predicted molar refractivity (Wildman–Crippen MR) is 110 cm³/mol. The van der Waals surface area contributed by atoms with Crippen LogP contribution in [0.5, 0.6) is 0 Å². The zero-order valence-electron chi connectivity index (χ0n) is 15.5. The Labute approximate surface area is 162 Å². The first-order chi connectivity index (χ1) is 12.3. The number of halogens is 1. The van der Waals surface area contributed by atoms with Crippen molar-refractivity contribution in [1.82, 2.24) is 4.90 Å². The van der Waals surface area contributed by atoms with Gasteiger partial charge in [-0.2, -0.15) is 0 Å². The van der Waals surface area contributed by atoms with Crippen molar-refractivity contribution >= 4 is 39.1 Å². The minimum absolute atomic E-state index is 0.134. The second kappa shape index (κ2) is 8.96. The van der Waals surface area contributed by atoms with Gasteiger partial charge in [0.2, 0.25) is 11.8 Å². The third kappa shape index (κ3) is 5.68. The summed E-state index contributed by atoms with van der Waals surface area (Å²) in [6, 6.07) is 11.5. The number of amides is 2. The van der Waals surface area contributed by atoms with Crippen LogP contribution < -0.4 is 10.6 Å². The lowest BCUT2D eigenvalue weighted by Gasteiger charge is -2.17. The quantitative estimate of drug-likeness (QED) is 0.749. The normalized spacial score (nSPS) is 10.7. The lowest BCUT2D eigenvalue weighted by Crippen LogP contribution is -2.36. The maximum atomic E-state index is 12.3. The summed E-state index contributed by atoms with van der Waals surface area (Å²) in [4.78, 5) is 26.1. The number of aryl methyl sites for hydroxylation is 3. The summed E-state index contributed by atoms with van der Waals surface area (Å²) in [5.74, 6) is -0.300. The van der Waals surface area contributed by atoms with Gasteiger partial charge in [0.05, 0.1) is 13.1 Å². The van der Waals surface area contributed by atoms with Crippen molar-refractivity contribution in [3.8, 4) is 0 Å². The minimum Gasteiger partial charge on any atom is -0.325 e. The molecule has 0 heterocycles. The van der Waals surface area contributed by atoms with Crippen LogP contribution in [0.2, 0.25) is 0 Å². The van der Waals surface area contributed by atoms with E-state index in [-0.39, 0.29) is 24.9 Å². The van der Waals surface area contributed by atoms with Gasteiger partial charge in [-0.25, -0.2) is 0 Å². The van der Waals surface area contributed by atoms with E-state index in [9.17, 15) is 9.59 Å². The largest absolute Gasteiger partial charge is 0.325 e. The molecule has 0 aliphatic carbocycles. The molecule has 0 aromatic heterocycles. The number of nitrogens with one attached hydrogen (secondary N) is 2. The summed E-state index contributed by atoms with van der Waals surface area (Å²) < 4.78 is 0.996. The van der Waals surface area contributed by atoms with E-state index >= 15 is 0 Å². The number of anilines is 2. The van der Waals surface area contributed by atoms with Crippen LogP contribution in [-0.4, -0.2) is 36.9 Å². The molecule has 2 aromatic carbocycles. The van der Waals surface area contributed by atoms with E-state index in [0.717, 1.165) is 32.5 Å². The molecule has 5 nitrogen and oxygen atoms in total. The fourth-order valence-corrected chi connectivity index (χ4v) is 2.91. The molecule has 2 amide bonds. The second-order valence-electron chi connectivity index (χ2n) is 6.50. The molecule has 26 heavy (non-hydrogen) atoms. The summed E-state index contributed by atoms with van der Waals surface area (Å²) >= 11 is 3.43. The first-order valence-electron chi connectivity index (χ1n) is 8.37. The van der Waals surface area contributed by atoms with Crippen molar-refractivity contribution < 1.29 is 9.59 Å². The zero-order valence-corrected chi connectivity index (χ0v) is 17.1. The summed E-state index contributed by atoms with van der Waals surface area (Å²) in [6.07, 6.45) is 0. The van der Waals surface area contributed by atoms with E-state index < -0.39 is 0 Å². The Morgan fingerprint density at radius 1 is 0.923 bits per heavy atom. The molecule has 0 unspecified atom stereocenters. The average Bonchev–Trinajstić information content (AvgIpc) is 2.54. The number of nitrogens with zero attached hydrogens (tertiary/aromatic N) is 1. The van der Waals surface area contributed by atoms with Crippen molar-refractivity contribution in [2.24, 2.45) is 0 Å². The van der Waals surface area contributed by atoms with Crippen LogP contribution in [0.25, 0.3) is 0 Å².